The molecule has 1 rings (SSSR count). The predicted molar refractivity (Wildman–Crippen MR) is 192 cm³/mol. The molecule has 0 amide bonds. The van der Waals surface area contributed by atoms with Crippen molar-refractivity contribution < 1.29 is 65.3 Å². The third-order valence-electron chi connectivity index (χ3n) is 8.71. The van der Waals surface area contributed by atoms with Gasteiger partial charge >= 0.3 is 5.97 Å². The Morgan fingerprint density at radius 1 is 0.765 bits per heavy atom. The third kappa shape index (κ3) is 20.5. The van der Waals surface area contributed by atoms with Gasteiger partial charge in [-0.3, -0.25) is 4.79 Å². The summed E-state index contributed by atoms with van der Waals surface area (Å²) in [6.07, 6.45) is 3.60. The largest absolute Gasteiger partial charge is 0.459 e. The minimum absolute atomic E-state index is 0.0514. The van der Waals surface area contributed by atoms with Crippen LogP contribution in [0.1, 0.15) is 85.0 Å². The lowest BCUT2D eigenvalue weighted by Crippen LogP contribution is -2.43. The molecule has 0 aliphatic carbocycles. The average molecular weight is 729 g/mol. The van der Waals surface area contributed by atoms with Crippen molar-refractivity contribution in [1.82, 2.24) is 0 Å². The average Bonchev–Trinajstić information content (AvgIpc) is 3.04. The van der Waals surface area contributed by atoms with Crippen LogP contribution in [-0.4, -0.2) is 137 Å². The number of unbranched alkanes of at least 4 members (excludes halogenated alkanes) is 2. The SMILES string of the molecule is CCCCCC(O)C1C(=O)OC(C)C(O)C=CC=C\C=C/C=C\C=C(\C)C(OCC(O)CO)CC(O)CC(O)CC(O)CC(O)CC(O)CC1O. The quantitative estimate of drug-likeness (QED) is 0.119. The van der Waals surface area contributed by atoms with E-state index in [2.05, 4.69) is 0 Å². The Morgan fingerprint density at radius 3 is 1.82 bits per heavy atom. The van der Waals surface area contributed by atoms with Crippen LogP contribution in [0, 0.1) is 5.92 Å². The lowest BCUT2D eigenvalue weighted by Gasteiger charge is -2.29. The summed E-state index contributed by atoms with van der Waals surface area (Å²) < 4.78 is 11.2. The van der Waals surface area contributed by atoms with E-state index in [1.54, 1.807) is 55.5 Å². The van der Waals surface area contributed by atoms with Gasteiger partial charge in [-0.25, -0.2) is 0 Å². The Hall–Kier alpha value is -2.27. The molecule has 12 atom stereocenters. The number of esters is 1. The van der Waals surface area contributed by atoms with E-state index < -0.39 is 85.6 Å². The first kappa shape index (κ1) is 46.8. The summed E-state index contributed by atoms with van der Waals surface area (Å²) in [5, 5.41) is 104. The van der Waals surface area contributed by atoms with E-state index in [4.69, 9.17) is 9.47 Å². The predicted octanol–water partition coefficient (Wildman–Crippen LogP) is 1.27. The first-order valence-corrected chi connectivity index (χ1v) is 18.1. The zero-order chi connectivity index (χ0) is 38.3. The molecule has 10 N–H and O–H groups in total. The molecule has 1 aliphatic heterocycles. The van der Waals surface area contributed by atoms with Gasteiger partial charge in [0, 0.05) is 12.8 Å². The molecule has 13 heteroatoms. The maximum Gasteiger partial charge on any atom is 0.314 e. The number of rotatable bonds is 9. The molecule has 294 valence electrons. The van der Waals surface area contributed by atoms with Crippen LogP contribution in [0.25, 0.3) is 0 Å². The molecule has 13 nitrogen and oxygen atoms in total. The second kappa shape index (κ2) is 26.5. The zero-order valence-electron chi connectivity index (χ0n) is 30.3. The van der Waals surface area contributed by atoms with E-state index in [-0.39, 0.29) is 51.6 Å². The Kier molecular flexibility index (Phi) is 24.3. The normalized spacial score (nSPS) is 35.4. The lowest BCUT2D eigenvalue weighted by atomic mass is 9.87. The van der Waals surface area contributed by atoms with Gasteiger partial charge in [-0.15, -0.1) is 0 Å². The highest BCUT2D eigenvalue weighted by Crippen LogP contribution is 2.24. The molecule has 0 aromatic heterocycles. The number of cyclic esters (lactones) is 1. The number of carbonyl (C=O) groups is 1. The summed E-state index contributed by atoms with van der Waals surface area (Å²) >= 11 is 0. The highest BCUT2D eigenvalue weighted by Gasteiger charge is 2.37. The number of hydrogen-bond acceptors (Lipinski definition) is 13. The van der Waals surface area contributed by atoms with Crippen LogP contribution in [0.2, 0.25) is 0 Å². The van der Waals surface area contributed by atoms with E-state index in [1.165, 1.54) is 13.0 Å². The smallest absolute Gasteiger partial charge is 0.314 e. The van der Waals surface area contributed by atoms with Crippen LogP contribution in [0.5, 0.6) is 0 Å². The van der Waals surface area contributed by atoms with E-state index >= 15 is 0 Å². The van der Waals surface area contributed by atoms with Crippen molar-refractivity contribution in [2.24, 2.45) is 5.92 Å². The number of hydrogen-bond donors (Lipinski definition) is 10. The summed E-state index contributed by atoms with van der Waals surface area (Å²) in [6, 6.07) is 0. The Morgan fingerprint density at radius 2 is 1.27 bits per heavy atom. The fraction of sp³-hybridized carbons (Fsp3) is 0.711. The van der Waals surface area contributed by atoms with Gasteiger partial charge in [-0.2, -0.15) is 0 Å². The molecule has 1 heterocycles. The van der Waals surface area contributed by atoms with Crippen molar-refractivity contribution in [2.45, 2.75) is 152 Å². The standard InChI is InChI=1S/C38H64O13/c1-4-5-11-16-34(47)37-35(48)21-30(43)19-28(41)17-27(40)18-29(42)20-31(44)22-36(50-24-32(45)23-39)25(2)14-12-9-7-6-8-10-13-15-33(46)26(3)51-38(37)49/h6-10,12-15,26-37,39-48H,4-5,11,16-24H2,1-3H3/b7-6-,10-8?,12-9-,15-13?,25-14-. The van der Waals surface area contributed by atoms with Gasteiger partial charge in [-0.1, -0.05) is 80.9 Å². The molecule has 1 aliphatic rings. The molecule has 0 saturated heterocycles. The topological polar surface area (TPSA) is 238 Å². The summed E-state index contributed by atoms with van der Waals surface area (Å²) in [6.45, 7) is 4.54. The molecule has 0 aromatic rings. The second-order valence-corrected chi connectivity index (χ2v) is 13.6. The maximum absolute atomic E-state index is 13.2. The van der Waals surface area contributed by atoms with Gasteiger partial charge in [0.2, 0.25) is 0 Å². The van der Waals surface area contributed by atoms with Crippen molar-refractivity contribution in [3.8, 4) is 0 Å². The van der Waals surface area contributed by atoms with E-state index in [0.717, 1.165) is 12.8 Å². The van der Waals surface area contributed by atoms with Gasteiger partial charge in [0.1, 0.15) is 24.2 Å². The van der Waals surface area contributed by atoms with Crippen molar-refractivity contribution in [1.29, 1.82) is 0 Å². The summed E-state index contributed by atoms with van der Waals surface area (Å²) in [7, 11) is 0. The molecule has 51 heavy (non-hydrogen) atoms. The fourth-order valence-electron chi connectivity index (χ4n) is 5.73. The van der Waals surface area contributed by atoms with Crippen molar-refractivity contribution in [3.05, 3.63) is 60.3 Å². The van der Waals surface area contributed by atoms with Gasteiger partial charge in [0.05, 0.1) is 62.0 Å². The summed E-state index contributed by atoms with van der Waals surface area (Å²) in [5.74, 6) is -2.36. The van der Waals surface area contributed by atoms with Crippen LogP contribution in [0.3, 0.4) is 0 Å². The minimum Gasteiger partial charge on any atom is -0.459 e. The fourth-order valence-corrected chi connectivity index (χ4v) is 5.73. The van der Waals surface area contributed by atoms with Crippen molar-refractivity contribution in [3.63, 3.8) is 0 Å². The number of aliphatic hydroxyl groups is 10. The molecule has 0 bridgehead atoms. The lowest BCUT2D eigenvalue weighted by molar-refractivity contribution is -0.168. The zero-order valence-corrected chi connectivity index (χ0v) is 30.3. The number of ether oxygens (including phenoxy) is 2. The van der Waals surface area contributed by atoms with E-state index in [1.807, 2.05) is 6.92 Å². The monoisotopic (exact) mass is 728 g/mol. The highest BCUT2D eigenvalue weighted by atomic mass is 16.6. The summed E-state index contributed by atoms with van der Waals surface area (Å²) in [4.78, 5) is 13.2. The van der Waals surface area contributed by atoms with Crippen LogP contribution >= 0.6 is 0 Å². The van der Waals surface area contributed by atoms with Gasteiger partial charge in [-0.05, 0) is 51.5 Å². The highest BCUT2D eigenvalue weighted by molar-refractivity contribution is 5.74. The molecule has 0 spiro atoms. The van der Waals surface area contributed by atoms with Crippen LogP contribution in [0.4, 0.5) is 0 Å². The molecule has 12 unspecified atom stereocenters. The second-order valence-electron chi connectivity index (χ2n) is 13.6. The van der Waals surface area contributed by atoms with Gasteiger partial charge in [0.25, 0.3) is 0 Å². The molecule has 0 saturated carbocycles. The van der Waals surface area contributed by atoms with E-state index in [9.17, 15) is 55.9 Å². The van der Waals surface area contributed by atoms with Crippen LogP contribution in [-0.2, 0) is 14.3 Å². The first-order valence-electron chi connectivity index (χ1n) is 18.1. The Labute approximate surface area is 302 Å². The molecule has 0 radical (unpaired) electrons. The number of aliphatic hydroxyl groups excluding tert-OH is 10. The third-order valence-corrected chi connectivity index (χ3v) is 8.71. The molecule has 0 fully saturated rings. The molecular weight excluding hydrogens is 664 g/mol. The minimum atomic E-state index is -1.54. The van der Waals surface area contributed by atoms with Gasteiger partial charge < -0.3 is 60.5 Å². The molecular formula is C38H64O13. The maximum atomic E-state index is 13.2. The van der Waals surface area contributed by atoms with Crippen LogP contribution in [0.15, 0.2) is 60.3 Å². The Bertz CT molecular complexity index is 1090. The first-order chi connectivity index (χ1) is 24.2. The van der Waals surface area contributed by atoms with Gasteiger partial charge in [0.15, 0.2) is 0 Å². The molecule has 0 aromatic carbocycles. The summed E-state index contributed by atoms with van der Waals surface area (Å²) in [5.41, 5.74) is 0.706. The Balaban J connectivity index is 3.23. The van der Waals surface area contributed by atoms with Crippen LogP contribution < -0.4 is 0 Å². The van der Waals surface area contributed by atoms with E-state index in [0.29, 0.717) is 12.0 Å². The van der Waals surface area contributed by atoms with Crippen molar-refractivity contribution >= 4 is 5.97 Å². The van der Waals surface area contributed by atoms with Crippen molar-refractivity contribution in [2.75, 3.05) is 13.2 Å². The number of carbonyl (C=O) groups excluding carboxylic acids is 1. The number of allylic oxidation sites excluding steroid dienone is 8.